The van der Waals surface area contributed by atoms with Gasteiger partial charge >= 0.3 is 0 Å². The van der Waals surface area contributed by atoms with Crippen LogP contribution in [-0.2, 0) is 0 Å². The second kappa shape index (κ2) is 8.33. The van der Waals surface area contributed by atoms with Crippen LogP contribution in [0.4, 0.5) is 21.7 Å². The summed E-state index contributed by atoms with van der Waals surface area (Å²) in [6, 6.07) is 4.96. The molecule has 1 aliphatic carbocycles. The molecule has 27 heavy (non-hydrogen) atoms. The Bertz CT molecular complexity index is 798. The van der Waals surface area contributed by atoms with Crippen molar-refractivity contribution in [2.75, 3.05) is 17.3 Å². The van der Waals surface area contributed by atoms with Crippen LogP contribution in [0.3, 0.4) is 0 Å². The zero-order valence-corrected chi connectivity index (χ0v) is 15.8. The van der Waals surface area contributed by atoms with E-state index >= 15 is 0 Å². The average molecular weight is 371 g/mol. The van der Waals surface area contributed by atoms with Gasteiger partial charge in [-0.3, -0.25) is 9.78 Å². The number of anilines is 3. The summed E-state index contributed by atoms with van der Waals surface area (Å²) < 4.78 is 14.8. The van der Waals surface area contributed by atoms with Gasteiger partial charge in [-0.05, 0) is 37.0 Å². The van der Waals surface area contributed by atoms with Gasteiger partial charge in [0.05, 0.1) is 17.4 Å². The minimum absolute atomic E-state index is 0.0178. The Hall–Kier alpha value is -2.70. The number of carbonyl (C=O) groups excluding carboxylic acids is 1. The summed E-state index contributed by atoms with van der Waals surface area (Å²) in [7, 11) is 1.88. The topological polar surface area (TPSA) is 84.1 Å². The number of amides is 1. The third-order valence-electron chi connectivity index (χ3n) is 5.37. The van der Waals surface area contributed by atoms with Crippen LogP contribution >= 0.6 is 0 Å². The van der Waals surface area contributed by atoms with E-state index in [-0.39, 0.29) is 23.2 Å². The molecule has 2 unspecified atom stereocenters. The summed E-state index contributed by atoms with van der Waals surface area (Å²) in [5.41, 5.74) is 6.10. The van der Waals surface area contributed by atoms with Gasteiger partial charge in [-0.25, -0.2) is 9.37 Å². The highest BCUT2D eigenvalue weighted by Crippen LogP contribution is 2.34. The maximum Gasteiger partial charge on any atom is 0.252 e. The standard InChI is InChI=1S/C20H26FN5O/c1-3-13-7-4-5-9-17(13)26(2)20-16(21)11-15(18(22)27)19(25-20)24-14-8-6-10-23-12-14/h6,8,10-13,17H,3-5,7,9H2,1-2H3,(H2,22,27)(H,24,25). The second-order valence-electron chi connectivity index (χ2n) is 7.05. The van der Waals surface area contributed by atoms with Gasteiger partial charge in [-0.2, -0.15) is 0 Å². The maximum absolute atomic E-state index is 14.8. The molecule has 2 aromatic heterocycles. The number of nitrogens with two attached hydrogens (primary N) is 1. The Morgan fingerprint density at radius 2 is 2.19 bits per heavy atom. The van der Waals surface area contributed by atoms with Gasteiger partial charge in [0.1, 0.15) is 5.82 Å². The minimum atomic E-state index is -0.730. The third kappa shape index (κ3) is 4.18. The predicted molar refractivity (Wildman–Crippen MR) is 105 cm³/mol. The molecule has 0 aliphatic heterocycles. The first-order valence-corrected chi connectivity index (χ1v) is 9.41. The second-order valence-corrected chi connectivity index (χ2v) is 7.05. The number of hydrogen-bond acceptors (Lipinski definition) is 5. The fourth-order valence-corrected chi connectivity index (χ4v) is 3.91. The van der Waals surface area contributed by atoms with E-state index in [9.17, 15) is 9.18 Å². The van der Waals surface area contributed by atoms with Crippen LogP contribution in [0.5, 0.6) is 0 Å². The fourth-order valence-electron chi connectivity index (χ4n) is 3.91. The van der Waals surface area contributed by atoms with E-state index < -0.39 is 11.7 Å². The molecule has 0 aromatic carbocycles. The highest BCUT2D eigenvalue weighted by molar-refractivity contribution is 5.98. The lowest BCUT2D eigenvalue weighted by atomic mass is 9.82. The third-order valence-corrected chi connectivity index (χ3v) is 5.37. The normalized spacial score (nSPS) is 19.5. The number of nitrogens with one attached hydrogen (secondary N) is 1. The number of aromatic nitrogens is 2. The molecule has 1 saturated carbocycles. The molecule has 1 aliphatic rings. The van der Waals surface area contributed by atoms with Crippen molar-refractivity contribution in [3.8, 4) is 0 Å². The molecule has 2 atom stereocenters. The van der Waals surface area contributed by atoms with Gasteiger partial charge in [-0.15, -0.1) is 0 Å². The molecule has 144 valence electrons. The smallest absolute Gasteiger partial charge is 0.252 e. The molecule has 7 heteroatoms. The maximum atomic E-state index is 14.8. The van der Waals surface area contributed by atoms with Crippen molar-refractivity contribution < 1.29 is 9.18 Å². The van der Waals surface area contributed by atoms with Gasteiger partial charge < -0.3 is 16.0 Å². The van der Waals surface area contributed by atoms with E-state index in [1.54, 1.807) is 24.5 Å². The minimum Gasteiger partial charge on any atom is -0.365 e. The lowest BCUT2D eigenvalue weighted by Gasteiger charge is -2.38. The van der Waals surface area contributed by atoms with Crippen molar-refractivity contribution in [3.63, 3.8) is 0 Å². The molecule has 0 spiro atoms. The highest BCUT2D eigenvalue weighted by Gasteiger charge is 2.30. The van der Waals surface area contributed by atoms with Gasteiger partial charge in [-0.1, -0.05) is 26.2 Å². The van der Waals surface area contributed by atoms with Crippen molar-refractivity contribution in [1.82, 2.24) is 9.97 Å². The zero-order valence-electron chi connectivity index (χ0n) is 15.8. The van der Waals surface area contributed by atoms with Crippen LogP contribution < -0.4 is 16.0 Å². The van der Waals surface area contributed by atoms with Crippen LogP contribution in [0.15, 0.2) is 30.6 Å². The van der Waals surface area contributed by atoms with Gasteiger partial charge in [0.15, 0.2) is 11.6 Å². The molecule has 6 nitrogen and oxygen atoms in total. The van der Waals surface area contributed by atoms with E-state index in [1.165, 1.54) is 12.5 Å². The van der Waals surface area contributed by atoms with Gasteiger partial charge in [0.2, 0.25) is 0 Å². The molecule has 3 rings (SSSR count). The average Bonchev–Trinajstić information content (AvgIpc) is 2.69. The quantitative estimate of drug-likeness (QED) is 0.805. The molecule has 3 N–H and O–H groups in total. The molecular weight excluding hydrogens is 345 g/mol. The van der Waals surface area contributed by atoms with E-state index in [0.717, 1.165) is 25.7 Å². The molecule has 2 aromatic rings. The Morgan fingerprint density at radius 3 is 2.85 bits per heavy atom. The van der Waals surface area contributed by atoms with E-state index in [4.69, 9.17) is 5.73 Å². The number of pyridine rings is 2. The van der Waals surface area contributed by atoms with Gasteiger partial charge in [0, 0.05) is 19.3 Å². The molecule has 0 radical (unpaired) electrons. The van der Waals surface area contributed by atoms with E-state index in [1.807, 2.05) is 11.9 Å². The van der Waals surface area contributed by atoms with Crippen molar-refractivity contribution in [2.24, 2.45) is 11.7 Å². The SMILES string of the molecule is CCC1CCCCC1N(C)c1nc(Nc2cccnc2)c(C(N)=O)cc1F. The Labute approximate surface area is 159 Å². The number of primary amides is 1. The molecule has 1 amide bonds. The number of nitrogens with zero attached hydrogens (tertiary/aromatic N) is 3. The van der Waals surface area contributed by atoms with Crippen LogP contribution in [0.2, 0.25) is 0 Å². The first-order valence-electron chi connectivity index (χ1n) is 9.41. The number of carbonyl (C=O) groups is 1. The Morgan fingerprint density at radius 1 is 1.41 bits per heavy atom. The lowest BCUT2D eigenvalue weighted by molar-refractivity contribution is 0.100. The van der Waals surface area contributed by atoms with E-state index in [0.29, 0.717) is 11.6 Å². The molecular formula is C20H26FN5O. The number of rotatable bonds is 6. The monoisotopic (exact) mass is 371 g/mol. The lowest BCUT2D eigenvalue weighted by Crippen LogP contribution is -2.41. The number of hydrogen-bond donors (Lipinski definition) is 2. The van der Waals surface area contributed by atoms with Crippen LogP contribution in [0.25, 0.3) is 0 Å². The first-order chi connectivity index (χ1) is 13.0. The van der Waals surface area contributed by atoms with Crippen LogP contribution in [0.1, 0.15) is 49.4 Å². The first kappa shape index (κ1) is 19.1. The summed E-state index contributed by atoms with van der Waals surface area (Å²) in [5.74, 6) is -0.288. The fraction of sp³-hybridized carbons (Fsp3) is 0.450. The zero-order chi connectivity index (χ0) is 19.4. The molecule has 2 heterocycles. The summed E-state index contributed by atoms with van der Waals surface area (Å²) in [4.78, 5) is 22.2. The Kier molecular flexibility index (Phi) is 5.88. The molecule has 1 fully saturated rings. The van der Waals surface area contributed by atoms with Crippen molar-refractivity contribution in [2.45, 2.75) is 45.1 Å². The van der Waals surface area contributed by atoms with E-state index in [2.05, 4.69) is 22.2 Å². The summed E-state index contributed by atoms with van der Waals surface area (Å²) in [6.07, 6.45) is 8.81. The van der Waals surface area contributed by atoms with Gasteiger partial charge in [0.25, 0.3) is 5.91 Å². The van der Waals surface area contributed by atoms with Crippen LogP contribution in [0, 0.1) is 11.7 Å². The number of halogens is 1. The van der Waals surface area contributed by atoms with Crippen molar-refractivity contribution >= 4 is 23.2 Å². The predicted octanol–water partition coefficient (Wildman–Crippen LogP) is 3.86. The van der Waals surface area contributed by atoms with Crippen molar-refractivity contribution in [1.29, 1.82) is 0 Å². The largest absolute Gasteiger partial charge is 0.365 e. The summed E-state index contributed by atoms with van der Waals surface area (Å²) in [5, 5.41) is 3.04. The molecule has 0 saturated heterocycles. The van der Waals surface area contributed by atoms with Crippen molar-refractivity contribution in [3.05, 3.63) is 42.0 Å². The summed E-state index contributed by atoms with van der Waals surface area (Å²) in [6.45, 7) is 2.17. The molecule has 0 bridgehead atoms. The summed E-state index contributed by atoms with van der Waals surface area (Å²) >= 11 is 0. The Balaban J connectivity index is 1.97. The highest BCUT2D eigenvalue weighted by atomic mass is 19.1. The van der Waals surface area contributed by atoms with Crippen LogP contribution in [-0.4, -0.2) is 29.0 Å².